The van der Waals surface area contributed by atoms with Gasteiger partial charge in [0.15, 0.2) is 6.29 Å². The maximum Gasteiger partial charge on any atom is 0.153 e. The van der Waals surface area contributed by atoms with E-state index in [1.807, 2.05) is 0 Å². The minimum Gasteiger partial charge on any atom is -0.472 e. The van der Waals surface area contributed by atoms with Crippen molar-refractivity contribution < 1.29 is 9.21 Å². The molecule has 0 spiro atoms. The van der Waals surface area contributed by atoms with Gasteiger partial charge in [-0.1, -0.05) is 0 Å². The highest BCUT2D eigenvalue weighted by Gasteiger charge is 1.84. The molecular formula is C8H19N3O2. The fourth-order valence-corrected chi connectivity index (χ4v) is 0.342. The lowest BCUT2D eigenvalue weighted by molar-refractivity contribution is 0.112. The molecule has 13 heavy (non-hydrogen) atoms. The third kappa shape index (κ3) is 13.8. The number of nitrogens with two attached hydrogens (primary N) is 3. The van der Waals surface area contributed by atoms with Crippen molar-refractivity contribution >= 4 is 6.29 Å². The van der Waals surface area contributed by atoms with Crippen molar-refractivity contribution in [2.45, 2.75) is 0 Å². The zero-order chi connectivity index (χ0) is 11.1. The molecule has 0 amide bonds. The van der Waals surface area contributed by atoms with Crippen LogP contribution < -0.4 is 17.2 Å². The van der Waals surface area contributed by atoms with Crippen LogP contribution in [0.2, 0.25) is 0 Å². The Morgan fingerprint density at radius 3 is 1.77 bits per heavy atom. The van der Waals surface area contributed by atoms with Crippen LogP contribution in [0.3, 0.4) is 0 Å². The summed E-state index contributed by atoms with van der Waals surface area (Å²) in [7, 11) is 4.50. The van der Waals surface area contributed by atoms with E-state index >= 15 is 0 Å². The van der Waals surface area contributed by atoms with Crippen LogP contribution in [-0.2, 0) is 0 Å². The Morgan fingerprint density at radius 1 is 1.15 bits per heavy atom. The zero-order valence-corrected chi connectivity index (χ0v) is 8.36. The predicted molar refractivity (Wildman–Crippen MR) is 54.4 cm³/mol. The smallest absolute Gasteiger partial charge is 0.153 e. The molecule has 1 aromatic heterocycles. The fourth-order valence-electron chi connectivity index (χ4n) is 0.342. The van der Waals surface area contributed by atoms with Crippen LogP contribution in [-0.4, -0.2) is 27.4 Å². The molecule has 0 aliphatic heterocycles. The summed E-state index contributed by atoms with van der Waals surface area (Å²) in [6.45, 7) is 0. The van der Waals surface area contributed by atoms with Gasteiger partial charge in [0.25, 0.3) is 0 Å². The van der Waals surface area contributed by atoms with Gasteiger partial charge in [0, 0.05) is 0 Å². The second kappa shape index (κ2) is 22.4. The van der Waals surface area contributed by atoms with Gasteiger partial charge in [-0.15, -0.1) is 0 Å². The Balaban J connectivity index is -0.000000144. The highest BCUT2D eigenvalue weighted by Crippen LogP contribution is 1.92. The third-order valence-electron chi connectivity index (χ3n) is 0.679. The minimum absolute atomic E-state index is 0.583. The molecule has 0 unspecified atom stereocenters. The summed E-state index contributed by atoms with van der Waals surface area (Å²) < 4.78 is 4.57. The molecule has 0 aromatic carbocycles. The van der Waals surface area contributed by atoms with Gasteiger partial charge < -0.3 is 21.6 Å². The minimum atomic E-state index is 0.583. The molecule has 1 heterocycles. The van der Waals surface area contributed by atoms with Crippen LogP contribution in [0.25, 0.3) is 0 Å². The zero-order valence-electron chi connectivity index (χ0n) is 8.36. The van der Waals surface area contributed by atoms with E-state index in [1.54, 1.807) is 6.07 Å². The number of carbonyl (C=O) groups is 1. The maximum atomic E-state index is 9.81. The molecular weight excluding hydrogens is 170 g/mol. The molecule has 6 N–H and O–H groups in total. The summed E-state index contributed by atoms with van der Waals surface area (Å²) in [6, 6.07) is 1.60. The van der Waals surface area contributed by atoms with Crippen molar-refractivity contribution in [2.24, 2.45) is 17.2 Å². The first-order valence-electron chi connectivity index (χ1n) is 3.64. The monoisotopic (exact) mass is 189 g/mol. The van der Waals surface area contributed by atoms with Crippen molar-refractivity contribution in [3.05, 3.63) is 24.2 Å². The van der Waals surface area contributed by atoms with E-state index in [2.05, 4.69) is 21.6 Å². The largest absolute Gasteiger partial charge is 0.472 e. The number of aldehydes is 1. The first-order chi connectivity index (χ1) is 6.43. The normalized spacial score (nSPS) is 6.00. The van der Waals surface area contributed by atoms with E-state index in [1.165, 1.54) is 33.7 Å². The van der Waals surface area contributed by atoms with Crippen LogP contribution in [0.5, 0.6) is 0 Å². The van der Waals surface area contributed by atoms with Gasteiger partial charge in [0.05, 0.1) is 11.8 Å². The molecule has 0 saturated heterocycles. The Kier molecular flexibility index (Phi) is 30.7. The van der Waals surface area contributed by atoms with E-state index in [-0.39, 0.29) is 0 Å². The topological polar surface area (TPSA) is 108 Å². The van der Waals surface area contributed by atoms with E-state index in [9.17, 15) is 4.79 Å². The van der Waals surface area contributed by atoms with Crippen LogP contribution in [0.15, 0.2) is 23.0 Å². The molecule has 0 atom stereocenters. The van der Waals surface area contributed by atoms with E-state index in [0.717, 1.165) is 6.29 Å². The molecule has 0 aliphatic carbocycles. The molecule has 5 nitrogen and oxygen atoms in total. The van der Waals surface area contributed by atoms with Gasteiger partial charge >= 0.3 is 0 Å². The molecule has 1 rings (SSSR count). The molecule has 0 aliphatic rings. The first kappa shape index (κ1) is 17.8. The van der Waals surface area contributed by atoms with Crippen molar-refractivity contribution in [1.29, 1.82) is 0 Å². The molecule has 78 valence electrons. The summed E-state index contributed by atoms with van der Waals surface area (Å²) in [4.78, 5) is 9.81. The lowest BCUT2D eigenvalue weighted by Crippen LogP contribution is -1.69. The summed E-state index contributed by atoms with van der Waals surface area (Å²) in [5.41, 5.74) is 14.1. The molecule has 0 fully saturated rings. The van der Waals surface area contributed by atoms with Gasteiger partial charge in [-0.3, -0.25) is 4.79 Å². The number of carbonyl (C=O) groups excluding carboxylic acids is 1. The second-order valence-corrected chi connectivity index (χ2v) is 1.17. The quantitative estimate of drug-likeness (QED) is 0.531. The number of furan rings is 1. The van der Waals surface area contributed by atoms with E-state index in [0.29, 0.717) is 5.56 Å². The van der Waals surface area contributed by atoms with Gasteiger partial charge in [0.1, 0.15) is 6.26 Å². The van der Waals surface area contributed by atoms with Crippen molar-refractivity contribution in [3.63, 3.8) is 0 Å². The van der Waals surface area contributed by atoms with Gasteiger partial charge in [-0.2, -0.15) is 0 Å². The number of hydrogen-bond donors (Lipinski definition) is 3. The molecule has 0 saturated carbocycles. The second-order valence-electron chi connectivity index (χ2n) is 1.17. The average molecular weight is 189 g/mol. The number of hydrogen-bond acceptors (Lipinski definition) is 5. The molecule has 1 aromatic rings. The Bertz CT molecular complexity index is 152. The van der Waals surface area contributed by atoms with Gasteiger partial charge in [-0.25, -0.2) is 0 Å². The van der Waals surface area contributed by atoms with Gasteiger partial charge in [0.2, 0.25) is 0 Å². The summed E-state index contributed by atoms with van der Waals surface area (Å²) in [5.74, 6) is 0. The Labute approximate surface area is 78.9 Å². The standard InChI is InChI=1S/C5H4O2.3CH5N/c6-3-5-1-2-7-4-5;3*1-2/h1-4H;3*2H2,1H3. The van der Waals surface area contributed by atoms with Crippen LogP contribution in [0.4, 0.5) is 0 Å². The fraction of sp³-hybridized carbons (Fsp3) is 0.375. The molecule has 5 heteroatoms. The van der Waals surface area contributed by atoms with Crippen molar-refractivity contribution in [2.75, 3.05) is 21.1 Å². The number of rotatable bonds is 1. The highest BCUT2D eigenvalue weighted by molar-refractivity contribution is 5.73. The first-order valence-corrected chi connectivity index (χ1v) is 3.64. The van der Waals surface area contributed by atoms with Gasteiger partial charge in [-0.05, 0) is 27.2 Å². The molecule has 0 radical (unpaired) electrons. The van der Waals surface area contributed by atoms with Crippen LogP contribution in [0.1, 0.15) is 10.4 Å². The molecule has 0 bridgehead atoms. The maximum absolute atomic E-state index is 9.81. The van der Waals surface area contributed by atoms with Crippen LogP contribution >= 0.6 is 0 Å². The predicted octanol–water partition coefficient (Wildman–Crippen LogP) is -0.183. The SMILES string of the molecule is CN.CN.CN.O=Cc1ccoc1. The Hall–Kier alpha value is -1.17. The average Bonchev–Trinajstić information content (AvgIpc) is 2.79. The van der Waals surface area contributed by atoms with Crippen molar-refractivity contribution in [1.82, 2.24) is 0 Å². The van der Waals surface area contributed by atoms with E-state index in [4.69, 9.17) is 0 Å². The summed E-state index contributed by atoms with van der Waals surface area (Å²) >= 11 is 0. The Morgan fingerprint density at radius 2 is 1.62 bits per heavy atom. The summed E-state index contributed by atoms with van der Waals surface area (Å²) in [6.07, 6.45) is 3.60. The summed E-state index contributed by atoms with van der Waals surface area (Å²) in [5, 5.41) is 0. The highest BCUT2D eigenvalue weighted by atomic mass is 16.3. The third-order valence-corrected chi connectivity index (χ3v) is 0.679. The lowest BCUT2D eigenvalue weighted by atomic mass is 10.4. The van der Waals surface area contributed by atoms with E-state index < -0.39 is 0 Å². The lowest BCUT2D eigenvalue weighted by Gasteiger charge is -1.64. The van der Waals surface area contributed by atoms with Crippen LogP contribution in [0, 0.1) is 0 Å². The van der Waals surface area contributed by atoms with Crippen molar-refractivity contribution in [3.8, 4) is 0 Å².